The van der Waals surface area contributed by atoms with E-state index in [-0.39, 0.29) is 22.2 Å². The molecule has 108 valence electrons. The lowest BCUT2D eigenvalue weighted by Crippen LogP contribution is -2.13. The van der Waals surface area contributed by atoms with E-state index < -0.39 is 16.0 Å². The number of carboxylic acids is 1. The standard InChI is InChI=1S/C11H13N3O5S/c1-6-4-9(7(2)19-6)20(17,18)13-10-5-8(11(15)16)14(3)12-10/h4-5H,1-3H3,(H,12,13)(H,15,16). The maximum Gasteiger partial charge on any atom is 0.354 e. The van der Waals surface area contributed by atoms with Gasteiger partial charge in [-0.2, -0.15) is 5.10 Å². The van der Waals surface area contributed by atoms with Crippen molar-refractivity contribution in [3.05, 3.63) is 29.3 Å². The smallest absolute Gasteiger partial charge is 0.354 e. The van der Waals surface area contributed by atoms with Crippen LogP contribution in [0.1, 0.15) is 22.0 Å². The first kappa shape index (κ1) is 14.1. The lowest BCUT2D eigenvalue weighted by molar-refractivity contribution is 0.0685. The summed E-state index contributed by atoms with van der Waals surface area (Å²) in [5.41, 5.74) is -0.122. The Morgan fingerprint density at radius 3 is 2.50 bits per heavy atom. The second-order valence-corrected chi connectivity index (χ2v) is 5.88. The van der Waals surface area contributed by atoms with E-state index in [1.165, 1.54) is 20.0 Å². The number of nitrogens with zero attached hydrogens (tertiary/aromatic N) is 2. The van der Waals surface area contributed by atoms with Crippen LogP contribution >= 0.6 is 0 Å². The molecule has 2 aromatic rings. The van der Waals surface area contributed by atoms with Gasteiger partial charge in [-0.05, 0) is 13.8 Å². The van der Waals surface area contributed by atoms with E-state index in [4.69, 9.17) is 9.52 Å². The summed E-state index contributed by atoms with van der Waals surface area (Å²) in [5, 5.41) is 12.7. The predicted molar refractivity (Wildman–Crippen MR) is 69.2 cm³/mol. The monoisotopic (exact) mass is 299 g/mol. The molecule has 0 saturated carbocycles. The van der Waals surface area contributed by atoms with Crippen molar-refractivity contribution in [1.82, 2.24) is 9.78 Å². The molecule has 0 aliphatic rings. The Labute approximate surface area is 115 Å². The SMILES string of the molecule is Cc1cc(S(=O)(=O)Nc2cc(C(=O)O)n(C)n2)c(C)o1. The number of carbonyl (C=O) groups is 1. The van der Waals surface area contributed by atoms with Crippen LogP contribution in [-0.4, -0.2) is 29.3 Å². The number of carboxylic acid groups (broad SMARTS) is 1. The molecule has 20 heavy (non-hydrogen) atoms. The lowest BCUT2D eigenvalue weighted by atomic mass is 10.4. The molecule has 0 bridgehead atoms. The molecule has 0 spiro atoms. The van der Waals surface area contributed by atoms with Gasteiger partial charge in [0.1, 0.15) is 22.1 Å². The van der Waals surface area contributed by atoms with Gasteiger partial charge >= 0.3 is 5.97 Å². The van der Waals surface area contributed by atoms with Crippen molar-refractivity contribution in [2.45, 2.75) is 18.7 Å². The van der Waals surface area contributed by atoms with Crippen LogP contribution in [0, 0.1) is 13.8 Å². The number of hydrogen-bond acceptors (Lipinski definition) is 5. The maximum absolute atomic E-state index is 12.2. The highest BCUT2D eigenvalue weighted by Gasteiger charge is 2.22. The molecule has 0 saturated heterocycles. The average Bonchev–Trinajstić information content (AvgIpc) is 2.81. The number of furan rings is 1. The Balaban J connectivity index is 2.36. The summed E-state index contributed by atoms with van der Waals surface area (Å²) in [6.07, 6.45) is 0. The summed E-state index contributed by atoms with van der Waals surface area (Å²) in [6, 6.07) is 2.53. The van der Waals surface area contributed by atoms with Crippen molar-refractivity contribution in [2.24, 2.45) is 7.05 Å². The van der Waals surface area contributed by atoms with Crippen LogP contribution in [0.5, 0.6) is 0 Å². The van der Waals surface area contributed by atoms with Crippen molar-refractivity contribution in [3.8, 4) is 0 Å². The highest BCUT2D eigenvalue weighted by molar-refractivity contribution is 7.92. The summed E-state index contributed by atoms with van der Waals surface area (Å²) in [6.45, 7) is 3.16. The summed E-state index contributed by atoms with van der Waals surface area (Å²) in [5.74, 6) is -0.538. The van der Waals surface area contributed by atoms with E-state index >= 15 is 0 Å². The fourth-order valence-electron chi connectivity index (χ4n) is 1.78. The minimum Gasteiger partial charge on any atom is -0.477 e. The van der Waals surface area contributed by atoms with Crippen molar-refractivity contribution >= 4 is 21.8 Å². The van der Waals surface area contributed by atoms with Crippen molar-refractivity contribution < 1.29 is 22.7 Å². The number of anilines is 1. The maximum atomic E-state index is 12.2. The van der Waals surface area contributed by atoms with Crippen LogP contribution in [-0.2, 0) is 17.1 Å². The molecule has 0 atom stereocenters. The number of aromatic carboxylic acids is 1. The molecule has 0 amide bonds. The average molecular weight is 299 g/mol. The first-order chi connectivity index (χ1) is 9.20. The van der Waals surface area contributed by atoms with Crippen LogP contribution in [0.2, 0.25) is 0 Å². The number of hydrogen-bond donors (Lipinski definition) is 2. The largest absolute Gasteiger partial charge is 0.477 e. The molecular weight excluding hydrogens is 286 g/mol. The Morgan fingerprint density at radius 2 is 2.05 bits per heavy atom. The molecule has 8 nitrogen and oxygen atoms in total. The number of nitrogens with one attached hydrogen (secondary N) is 1. The van der Waals surface area contributed by atoms with E-state index in [0.29, 0.717) is 5.76 Å². The molecule has 9 heteroatoms. The summed E-state index contributed by atoms with van der Waals surface area (Å²) in [7, 11) is -2.45. The number of aryl methyl sites for hydroxylation is 3. The topological polar surface area (TPSA) is 114 Å². The van der Waals surface area contributed by atoms with Crippen LogP contribution < -0.4 is 4.72 Å². The second kappa shape index (κ2) is 4.67. The van der Waals surface area contributed by atoms with Gasteiger partial charge in [0, 0.05) is 19.2 Å². The van der Waals surface area contributed by atoms with Crippen molar-refractivity contribution in [1.29, 1.82) is 0 Å². The fourth-order valence-corrected chi connectivity index (χ4v) is 3.01. The lowest BCUT2D eigenvalue weighted by Gasteiger charge is -2.03. The van der Waals surface area contributed by atoms with Crippen molar-refractivity contribution in [3.63, 3.8) is 0 Å². The summed E-state index contributed by atoms with van der Waals surface area (Å²) < 4.78 is 32.8. The first-order valence-corrected chi connectivity index (χ1v) is 7.06. The van der Waals surface area contributed by atoms with Gasteiger partial charge in [0.15, 0.2) is 5.82 Å². The van der Waals surface area contributed by atoms with Crippen LogP contribution in [0.25, 0.3) is 0 Å². The molecule has 0 radical (unpaired) electrons. The van der Waals surface area contributed by atoms with E-state index in [1.54, 1.807) is 6.92 Å². The fraction of sp³-hybridized carbons (Fsp3) is 0.273. The third kappa shape index (κ3) is 2.52. The van der Waals surface area contributed by atoms with E-state index in [9.17, 15) is 13.2 Å². The van der Waals surface area contributed by atoms with Gasteiger partial charge in [-0.1, -0.05) is 0 Å². The van der Waals surface area contributed by atoms with Gasteiger partial charge < -0.3 is 9.52 Å². The van der Waals surface area contributed by atoms with E-state index in [1.807, 2.05) is 0 Å². The van der Waals surface area contributed by atoms with Gasteiger partial charge in [-0.15, -0.1) is 0 Å². The van der Waals surface area contributed by atoms with Gasteiger partial charge in [0.2, 0.25) is 0 Å². The Hall–Kier alpha value is -2.29. The van der Waals surface area contributed by atoms with Crippen LogP contribution in [0.15, 0.2) is 21.4 Å². The zero-order chi connectivity index (χ0) is 15.1. The molecule has 2 aromatic heterocycles. The molecule has 2 rings (SSSR count). The quantitative estimate of drug-likeness (QED) is 0.874. The number of aromatic nitrogens is 2. The molecule has 2 N–H and O–H groups in total. The van der Waals surface area contributed by atoms with Gasteiger partial charge in [0.05, 0.1) is 0 Å². The highest BCUT2D eigenvalue weighted by atomic mass is 32.2. The predicted octanol–water partition coefficient (Wildman–Crippen LogP) is 1.13. The molecule has 0 aliphatic carbocycles. The molecule has 0 aromatic carbocycles. The highest BCUT2D eigenvalue weighted by Crippen LogP contribution is 2.22. The summed E-state index contributed by atoms with van der Waals surface area (Å²) in [4.78, 5) is 10.9. The van der Waals surface area contributed by atoms with E-state index in [2.05, 4.69) is 9.82 Å². The summed E-state index contributed by atoms with van der Waals surface area (Å²) >= 11 is 0. The molecule has 0 unspecified atom stereocenters. The number of rotatable bonds is 4. The van der Waals surface area contributed by atoms with Gasteiger partial charge in [-0.3, -0.25) is 9.40 Å². The third-order valence-electron chi connectivity index (χ3n) is 2.62. The van der Waals surface area contributed by atoms with Gasteiger partial charge in [0.25, 0.3) is 10.0 Å². The van der Waals surface area contributed by atoms with E-state index in [0.717, 1.165) is 10.7 Å². The minimum atomic E-state index is -3.86. The first-order valence-electron chi connectivity index (χ1n) is 5.58. The Morgan fingerprint density at radius 1 is 1.40 bits per heavy atom. The minimum absolute atomic E-state index is 0.00229. The van der Waals surface area contributed by atoms with Gasteiger partial charge in [-0.25, -0.2) is 13.2 Å². The van der Waals surface area contributed by atoms with Crippen molar-refractivity contribution in [2.75, 3.05) is 4.72 Å². The zero-order valence-corrected chi connectivity index (χ0v) is 11.9. The second-order valence-electron chi connectivity index (χ2n) is 4.23. The molecule has 0 aliphatic heterocycles. The van der Waals surface area contributed by atoms with Crippen LogP contribution in [0.4, 0.5) is 5.82 Å². The molecular formula is C11H13N3O5S. The Bertz CT molecular complexity index is 772. The normalized spacial score (nSPS) is 11.6. The van der Waals surface area contributed by atoms with Crippen LogP contribution in [0.3, 0.4) is 0 Å². The molecule has 0 fully saturated rings. The number of sulfonamides is 1. The molecule has 2 heterocycles. The zero-order valence-electron chi connectivity index (χ0n) is 11.0. The third-order valence-corrected chi connectivity index (χ3v) is 4.09. The Kier molecular flexibility index (Phi) is 3.30.